The van der Waals surface area contributed by atoms with Gasteiger partial charge in [0.15, 0.2) is 0 Å². The Balaban J connectivity index is 1.58. The highest BCUT2D eigenvalue weighted by Crippen LogP contribution is 2.48. The van der Waals surface area contributed by atoms with E-state index in [1.807, 2.05) is 0 Å². The fraction of sp³-hybridized carbons (Fsp3) is 0.857. The van der Waals surface area contributed by atoms with Gasteiger partial charge in [-0.05, 0) is 43.9 Å². The Bertz CT molecular complexity index is 379. The summed E-state index contributed by atoms with van der Waals surface area (Å²) in [6.45, 7) is 0. The van der Waals surface area contributed by atoms with Crippen LogP contribution >= 0.6 is 0 Å². The summed E-state index contributed by atoms with van der Waals surface area (Å²) in [5.41, 5.74) is 0. The van der Waals surface area contributed by atoms with Crippen LogP contribution in [0, 0.1) is 17.8 Å². The largest absolute Gasteiger partial charge is 0.481 e. The molecule has 0 spiro atoms. The number of carboxylic acids is 1. The van der Waals surface area contributed by atoms with Gasteiger partial charge in [-0.3, -0.25) is 4.79 Å². The Morgan fingerprint density at radius 2 is 1.63 bits per heavy atom. The van der Waals surface area contributed by atoms with Crippen LogP contribution < -0.4 is 10.6 Å². The van der Waals surface area contributed by atoms with Crippen molar-refractivity contribution in [2.45, 2.75) is 57.0 Å². The molecule has 0 radical (unpaired) electrons. The van der Waals surface area contributed by atoms with Gasteiger partial charge in [-0.1, -0.05) is 12.8 Å². The van der Waals surface area contributed by atoms with Crippen LogP contribution in [0.1, 0.15) is 44.9 Å². The number of aliphatic carboxylic acids is 1. The van der Waals surface area contributed by atoms with E-state index in [9.17, 15) is 14.7 Å². The predicted molar refractivity (Wildman–Crippen MR) is 69.7 cm³/mol. The van der Waals surface area contributed by atoms with E-state index in [1.165, 1.54) is 12.8 Å². The van der Waals surface area contributed by atoms with Crippen molar-refractivity contribution < 1.29 is 14.7 Å². The number of carbonyl (C=O) groups excluding carboxylic acids is 1. The highest BCUT2D eigenvalue weighted by molar-refractivity contribution is 5.77. The zero-order valence-electron chi connectivity index (χ0n) is 11.1. The van der Waals surface area contributed by atoms with Crippen molar-refractivity contribution in [1.29, 1.82) is 0 Å². The molecule has 0 saturated heterocycles. The Morgan fingerprint density at radius 1 is 0.947 bits per heavy atom. The molecule has 3 saturated carbocycles. The van der Waals surface area contributed by atoms with Gasteiger partial charge in [-0.2, -0.15) is 0 Å². The molecule has 19 heavy (non-hydrogen) atoms. The van der Waals surface area contributed by atoms with Gasteiger partial charge in [0.25, 0.3) is 0 Å². The lowest BCUT2D eigenvalue weighted by atomic mass is 9.84. The highest BCUT2D eigenvalue weighted by atomic mass is 16.4. The molecule has 3 rings (SSSR count). The van der Waals surface area contributed by atoms with E-state index < -0.39 is 5.97 Å². The molecule has 2 amide bonds. The van der Waals surface area contributed by atoms with E-state index in [4.69, 9.17) is 0 Å². The monoisotopic (exact) mass is 266 g/mol. The van der Waals surface area contributed by atoms with E-state index >= 15 is 0 Å². The standard InChI is InChI=1S/C14H22N2O3/c17-13(18)11-8-5-6-9(7-8)12(11)16-14(19)15-10-3-1-2-4-10/h8-12H,1-7H2,(H,17,18)(H2,15,16,19). The molecule has 3 aliphatic carbocycles. The van der Waals surface area contributed by atoms with E-state index in [1.54, 1.807) is 0 Å². The third kappa shape index (κ3) is 2.42. The predicted octanol–water partition coefficient (Wildman–Crippen LogP) is 1.73. The number of carbonyl (C=O) groups is 2. The van der Waals surface area contributed by atoms with E-state index in [0.717, 1.165) is 32.1 Å². The van der Waals surface area contributed by atoms with Crippen LogP contribution in [0.25, 0.3) is 0 Å². The minimum Gasteiger partial charge on any atom is -0.481 e. The number of urea groups is 1. The number of hydrogen-bond acceptors (Lipinski definition) is 2. The maximum absolute atomic E-state index is 12.0. The molecule has 0 aromatic rings. The van der Waals surface area contributed by atoms with Crippen LogP contribution in [-0.4, -0.2) is 29.2 Å². The first kappa shape index (κ1) is 12.8. The maximum Gasteiger partial charge on any atom is 0.315 e. The van der Waals surface area contributed by atoms with Gasteiger partial charge in [0.1, 0.15) is 0 Å². The molecule has 0 aliphatic heterocycles. The van der Waals surface area contributed by atoms with Crippen LogP contribution in [0.2, 0.25) is 0 Å². The summed E-state index contributed by atoms with van der Waals surface area (Å²) in [4.78, 5) is 23.3. The average molecular weight is 266 g/mol. The molecule has 4 atom stereocenters. The molecule has 106 valence electrons. The van der Waals surface area contributed by atoms with Crippen molar-refractivity contribution in [3.8, 4) is 0 Å². The van der Waals surface area contributed by atoms with Crippen LogP contribution in [-0.2, 0) is 4.79 Å². The third-order valence-corrected chi connectivity index (χ3v) is 5.19. The molecule has 0 heterocycles. The van der Waals surface area contributed by atoms with Crippen molar-refractivity contribution in [3.05, 3.63) is 0 Å². The summed E-state index contributed by atoms with van der Waals surface area (Å²) < 4.78 is 0. The van der Waals surface area contributed by atoms with E-state index in [2.05, 4.69) is 10.6 Å². The lowest BCUT2D eigenvalue weighted by molar-refractivity contribution is -0.144. The van der Waals surface area contributed by atoms with Gasteiger partial charge >= 0.3 is 12.0 Å². The zero-order valence-corrected chi connectivity index (χ0v) is 11.1. The fourth-order valence-corrected chi connectivity index (χ4v) is 4.30. The minimum atomic E-state index is -0.752. The fourth-order valence-electron chi connectivity index (χ4n) is 4.30. The van der Waals surface area contributed by atoms with Crippen LogP contribution in [0.5, 0.6) is 0 Å². The number of fused-ring (bicyclic) bond motifs is 2. The van der Waals surface area contributed by atoms with Crippen molar-refractivity contribution >= 4 is 12.0 Å². The van der Waals surface area contributed by atoms with E-state index in [0.29, 0.717) is 5.92 Å². The summed E-state index contributed by atoms with van der Waals surface area (Å²) in [6.07, 6.45) is 7.48. The van der Waals surface area contributed by atoms with Gasteiger partial charge in [-0.25, -0.2) is 4.79 Å². The van der Waals surface area contributed by atoms with Gasteiger partial charge in [0.05, 0.1) is 5.92 Å². The molecule has 5 nitrogen and oxygen atoms in total. The summed E-state index contributed by atoms with van der Waals surface area (Å²) in [7, 11) is 0. The number of rotatable bonds is 3. The van der Waals surface area contributed by atoms with Crippen LogP contribution in [0.4, 0.5) is 4.79 Å². The molecule has 2 bridgehead atoms. The van der Waals surface area contributed by atoms with Gasteiger partial charge in [0, 0.05) is 12.1 Å². The molecular formula is C14H22N2O3. The number of carboxylic acid groups (broad SMARTS) is 1. The van der Waals surface area contributed by atoms with Crippen LogP contribution in [0.15, 0.2) is 0 Å². The first-order valence-corrected chi connectivity index (χ1v) is 7.45. The maximum atomic E-state index is 12.0. The van der Waals surface area contributed by atoms with E-state index in [-0.39, 0.29) is 30.0 Å². The smallest absolute Gasteiger partial charge is 0.315 e. The third-order valence-electron chi connectivity index (χ3n) is 5.19. The minimum absolute atomic E-state index is 0.169. The molecule has 4 unspecified atom stereocenters. The van der Waals surface area contributed by atoms with Crippen molar-refractivity contribution in [2.24, 2.45) is 17.8 Å². The Morgan fingerprint density at radius 3 is 2.32 bits per heavy atom. The van der Waals surface area contributed by atoms with Crippen molar-refractivity contribution in [1.82, 2.24) is 10.6 Å². The van der Waals surface area contributed by atoms with Gasteiger partial charge in [0.2, 0.25) is 0 Å². The molecule has 3 fully saturated rings. The number of hydrogen-bond donors (Lipinski definition) is 3. The zero-order chi connectivity index (χ0) is 13.4. The quantitative estimate of drug-likeness (QED) is 0.728. The second kappa shape index (κ2) is 5.02. The second-order valence-corrected chi connectivity index (χ2v) is 6.32. The average Bonchev–Trinajstić information content (AvgIpc) is 3.03. The first-order chi connectivity index (χ1) is 9.15. The molecule has 0 aromatic heterocycles. The highest BCUT2D eigenvalue weighted by Gasteiger charge is 2.51. The Labute approximate surface area is 113 Å². The summed E-state index contributed by atoms with van der Waals surface area (Å²) in [5.74, 6) is -0.508. The van der Waals surface area contributed by atoms with Crippen LogP contribution in [0.3, 0.4) is 0 Å². The number of amides is 2. The topological polar surface area (TPSA) is 78.4 Å². The Hall–Kier alpha value is -1.26. The second-order valence-electron chi connectivity index (χ2n) is 6.32. The SMILES string of the molecule is O=C(NC1CCCC1)NC1C2CCC(C2)C1C(=O)O. The summed E-state index contributed by atoms with van der Waals surface area (Å²) in [5, 5.41) is 15.3. The molecular weight excluding hydrogens is 244 g/mol. The number of nitrogens with one attached hydrogen (secondary N) is 2. The molecule has 3 aliphatic rings. The van der Waals surface area contributed by atoms with Crippen molar-refractivity contribution in [2.75, 3.05) is 0 Å². The van der Waals surface area contributed by atoms with Gasteiger partial charge in [-0.15, -0.1) is 0 Å². The molecule has 3 N–H and O–H groups in total. The molecule has 0 aromatic carbocycles. The normalized spacial score (nSPS) is 37.5. The summed E-state index contributed by atoms with van der Waals surface area (Å²) in [6, 6.07) is -0.0600. The summed E-state index contributed by atoms with van der Waals surface area (Å²) >= 11 is 0. The molecule has 5 heteroatoms. The first-order valence-electron chi connectivity index (χ1n) is 7.45. The van der Waals surface area contributed by atoms with Crippen molar-refractivity contribution in [3.63, 3.8) is 0 Å². The lowest BCUT2D eigenvalue weighted by Gasteiger charge is -2.29. The van der Waals surface area contributed by atoms with Gasteiger partial charge < -0.3 is 15.7 Å². The lowest BCUT2D eigenvalue weighted by Crippen LogP contribution is -2.51. The Kier molecular flexibility index (Phi) is 3.37.